The minimum atomic E-state index is 0.00995. The van der Waals surface area contributed by atoms with E-state index in [1.165, 1.54) is 0 Å². The molecule has 0 aliphatic carbocycles. The first kappa shape index (κ1) is 11.1. The quantitative estimate of drug-likeness (QED) is 0.786. The van der Waals surface area contributed by atoms with Gasteiger partial charge in [-0.15, -0.1) is 0 Å². The Labute approximate surface area is 95.2 Å². The van der Waals surface area contributed by atoms with Crippen LogP contribution in [0.1, 0.15) is 29.8 Å². The SMILES string of the molecule is Cn1ccc(C(=O)N2CCCCC2CN)n1. The lowest BCUT2D eigenvalue weighted by Gasteiger charge is -2.34. The van der Waals surface area contributed by atoms with Gasteiger partial charge >= 0.3 is 0 Å². The highest BCUT2D eigenvalue weighted by Gasteiger charge is 2.27. The monoisotopic (exact) mass is 222 g/mol. The fraction of sp³-hybridized carbons (Fsp3) is 0.636. The van der Waals surface area contributed by atoms with Gasteiger partial charge in [0.2, 0.25) is 0 Å². The molecule has 0 spiro atoms. The highest BCUT2D eigenvalue weighted by atomic mass is 16.2. The standard InChI is InChI=1S/C11H18N4O/c1-14-7-5-10(13-14)11(16)15-6-3-2-4-9(15)8-12/h5,7,9H,2-4,6,8,12H2,1H3. The zero-order chi connectivity index (χ0) is 11.5. The summed E-state index contributed by atoms with van der Waals surface area (Å²) in [6, 6.07) is 1.94. The third kappa shape index (κ3) is 2.09. The minimum absolute atomic E-state index is 0.00995. The maximum atomic E-state index is 12.2. The maximum absolute atomic E-state index is 12.2. The van der Waals surface area contributed by atoms with Crippen LogP contribution in [0.4, 0.5) is 0 Å². The van der Waals surface area contributed by atoms with Crippen molar-refractivity contribution in [1.82, 2.24) is 14.7 Å². The van der Waals surface area contributed by atoms with E-state index in [1.807, 2.05) is 11.9 Å². The molecule has 5 nitrogen and oxygen atoms in total. The fourth-order valence-corrected chi connectivity index (χ4v) is 2.19. The van der Waals surface area contributed by atoms with Gasteiger partial charge in [0.05, 0.1) is 0 Å². The Morgan fingerprint density at radius 2 is 2.44 bits per heavy atom. The van der Waals surface area contributed by atoms with Gasteiger partial charge in [0.1, 0.15) is 5.69 Å². The van der Waals surface area contributed by atoms with Crippen LogP contribution in [-0.4, -0.2) is 39.7 Å². The van der Waals surface area contributed by atoms with E-state index in [0.29, 0.717) is 12.2 Å². The number of carbonyl (C=O) groups excluding carboxylic acids is 1. The summed E-state index contributed by atoms with van der Waals surface area (Å²) in [5, 5.41) is 4.14. The molecule has 1 unspecified atom stereocenters. The number of carbonyl (C=O) groups is 1. The van der Waals surface area contributed by atoms with E-state index >= 15 is 0 Å². The molecule has 0 radical (unpaired) electrons. The molecular formula is C11H18N4O. The maximum Gasteiger partial charge on any atom is 0.274 e. The van der Waals surface area contributed by atoms with E-state index in [1.54, 1.807) is 16.9 Å². The summed E-state index contributed by atoms with van der Waals surface area (Å²) in [5.41, 5.74) is 6.21. The van der Waals surface area contributed by atoms with E-state index in [-0.39, 0.29) is 11.9 Å². The van der Waals surface area contributed by atoms with Crippen LogP contribution in [0.3, 0.4) is 0 Å². The van der Waals surface area contributed by atoms with Gasteiger partial charge < -0.3 is 10.6 Å². The van der Waals surface area contributed by atoms with Crippen molar-refractivity contribution in [2.24, 2.45) is 12.8 Å². The molecule has 2 N–H and O–H groups in total. The molecule has 0 bridgehead atoms. The van der Waals surface area contributed by atoms with Crippen molar-refractivity contribution >= 4 is 5.91 Å². The van der Waals surface area contributed by atoms with E-state index in [9.17, 15) is 4.79 Å². The molecule has 1 aliphatic heterocycles. The summed E-state index contributed by atoms with van der Waals surface area (Å²) in [5.74, 6) is 0.00995. The van der Waals surface area contributed by atoms with Crippen molar-refractivity contribution in [3.63, 3.8) is 0 Å². The van der Waals surface area contributed by atoms with Crippen molar-refractivity contribution < 1.29 is 4.79 Å². The molecule has 1 fully saturated rings. The van der Waals surface area contributed by atoms with E-state index in [2.05, 4.69) is 5.10 Å². The summed E-state index contributed by atoms with van der Waals surface area (Å²) < 4.78 is 1.65. The van der Waals surface area contributed by atoms with Crippen LogP contribution in [0, 0.1) is 0 Å². The molecule has 1 atom stereocenters. The number of piperidine rings is 1. The molecule has 1 aromatic heterocycles. The molecular weight excluding hydrogens is 204 g/mol. The smallest absolute Gasteiger partial charge is 0.274 e. The van der Waals surface area contributed by atoms with E-state index < -0.39 is 0 Å². The molecule has 16 heavy (non-hydrogen) atoms. The lowest BCUT2D eigenvalue weighted by Crippen LogP contribution is -2.47. The Hall–Kier alpha value is -1.36. The van der Waals surface area contributed by atoms with E-state index in [4.69, 9.17) is 5.73 Å². The first-order valence-electron chi connectivity index (χ1n) is 5.73. The predicted octanol–water partition coefficient (Wildman–Crippen LogP) is 0.374. The second-order valence-corrected chi connectivity index (χ2v) is 4.26. The molecule has 2 heterocycles. The predicted molar refractivity (Wildman–Crippen MR) is 60.9 cm³/mol. The first-order chi connectivity index (χ1) is 7.72. The van der Waals surface area contributed by atoms with Crippen LogP contribution in [0.2, 0.25) is 0 Å². The normalized spacial score (nSPS) is 21.1. The number of hydrogen-bond acceptors (Lipinski definition) is 3. The van der Waals surface area contributed by atoms with Crippen molar-refractivity contribution in [3.8, 4) is 0 Å². The molecule has 1 aliphatic rings. The lowest BCUT2D eigenvalue weighted by atomic mass is 10.0. The summed E-state index contributed by atoms with van der Waals surface area (Å²) in [6.45, 7) is 1.34. The zero-order valence-electron chi connectivity index (χ0n) is 9.59. The lowest BCUT2D eigenvalue weighted by molar-refractivity contribution is 0.0616. The highest BCUT2D eigenvalue weighted by molar-refractivity contribution is 5.92. The minimum Gasteiger partial charge on any atom is -0.333 e. The van der Waals surface area contributed by atoms with E-state index in [0.717, 1.165) is 25.8 Å². The molecule has 1 amide bonds. The van der Waals surface area contributed by atoms with Gasteiger partial charge in [0.15, 0.2) is 0 Å². The number of nitrogens with two attached hydrogens (primary N) is 1. The molecule has 2 rings (SSSR count). The Balaban J connectivity index is 2.13. The Kier molecular flexibility index (Phi) is 3.24. The number of nitrogens with zero attached hydrogens (tertiary/aromatic N) is 3. The number of likely N-dealkylation sites (tertiary alicyclic amines) is 1. The average molecular weight is 222 g/mol. The molecule has 0 aromatic carbocycles. The summed E-state index contributed by atoms with van der Waals surface area (Å²) >= 11 is 0. The Morgan fingerprint density at radius 1 is 1.62 bits per heavy atom. The van der Waals surface area contributed by atoms with Gasteiger partial charge in [-0.2, -0.15) is 5.10 Å². The van der Waals surface area contributed by atoms with Gasteiger partial charge in [-0.3, -0.25) is 9.48 Å². The van der Waals surface area contributed by atoms with Gasteiger partial charge in [-0.05, 0) is 25.3 Å². The number of hydrogen-bond donors (Lipinski definition) is 1. The number of aryl methyl sites for hydroxylation is 1. The van der Waals surface area contributed by atoms with Crippen LogP contribution in [0.25, 0.3) is 0 Å². The van der Waals surface area contributed by atoms with Gasteiger partial charge in [-0.1, -0.05) is 0 Å². The molecule has 88 valence electrons. The largest absolute Gasteiger partial charge is 0.333 e. The number of aromatic nitrogens is 2. The van der Waals surface area contributed by atoms with Crippen molar-refractivity contribution in [2.45, 2.75) is 25.3 Å². The molecule has 1 saturated heterocycles. The highest BCUT2D eigenvalue weighted by Crippen LogP contribution is 2.18. The average Bonchev–Trinajstić information content (AvgIpc) is 2.75. The topological polar surface area (TPSA) is 64.2 Å². The van der Waals surface area contributed by atoms with Crippen molar-refractivity contribution in [1.29, 1.82) is 0 Å². The van der Waals surface area contributed by atoms with Gasteiger partial charge in [-0.25, -0.2) is 0 Å². The van der Waals surface area contributed by atoms with Crippen LogP contribution >= 0.6 is 0 Å². The molecule has 0 saturated carbocycles. The third-order valence-corrected chi connectivity index (χ3v) is 3.09. The first-order valence-corrected chi connectivity index (χ1v) is 5.73. The van der Waals surface area contributed by atoms with Crippen LogP contribution in [-0.2, 0) is 7.05 Å². The fourth-order valence-electron chi connectivity index (χ4n) is 2.19. The van der Waals surface area contributed by atoms with Gasteiger partial charge in [0.25, 0.3) is 5.91 Å². The second-order valence-electron chi connectivity index (χ2n) is 4.26. The Morgan fingerprint density at radius 3 is 3.06 bits per heavy atom. The third-order valence-electron chi connectivity index (χ3n) is 3.09. The second kappa shape index (κ2) is 4.65. The van der Waals surface area contributed by atoms with Gasteiger partial charge in [0, 0.05) is 32.4 Å². The van der Waals surface area contributed by atoms with Crippen LogP contribution < -0.4 is 5.73 Å². The summed E-state index contributed by atoms with van der Waals surface area (Å²) in [4.78, 5) is 14.0. The number of rotatable bonds is 2. The number of amides is 1. The Bertz CT molecular complexity index is 374. The summed E-state index contributed by atoms with van der Waals surface area (Å²) in [6.07, 6.45) is 5.02. The molecule has 1 aromatic rings. The zero-order valence-corrected chi connectivity index (χ0v) is 9.59. The van der Waals surface area contributed by atoms with Crippen molar-refractivity contribution in [2.75, 3.05) is 13.1 Å². The van der Waals surface area contributed by atoms with Crippen molar-refractivity contribution in [3.05, 3.63) is 18.0 Å². The van der Waals surface area contributed by atoms with Crippen LogP contribution in [0.15, 0.2) is 12.3 Å². The summed E-state index contributed by atoms with van der Waals surface area (Å²) in [7, 11) is 1.81. The van der Waals surface area contributed by atoms with Crippen LogP contribution in [0.5, 0.6) is 0 Å². The molecule has 5 heteroatoms.